The second-order valence-corrected chi connectivity index (χ2v) is 7.03. The van der Waals surface area contributed by atoms with Crippen LogP contribution in [-0.2, 0) is 14.4 Å². The SMILES string of the molecule is CC(=O)NC(CC(=O)N(C)CC(=O)Nc1ccc(C)cc1)c1ccc(C)cc1. The molecular weight excluding hydrogens is 354 g/mol. The average Bonchev–Trinajstić information content (AvgIpc) is 2.63. The van der Waals surface area contributed by atoms with Crippen molar-refractivity contribution in [1.82, 2.24) is 10.2 Å². The minimum atomic E-state index is -0.437. The van der Waals surface area contributed by atoms with Gasteiger partial charge in [0.15, 0.2) is 0 Å². The minimum Gasteiger partial charge on any atom is -0.349 e. The second-order valence-electron chi connectivity index (χ2n) is 7.03. The van der Waals surface area contributed by atoms with Gasteiger partial charge in [-0.1, -0.05) is 47.5 Å². The number of carbonyl (C=O) groups is 3. The molecule has 0 aliphatic carbocycles. The van der Waals surface area contributed by atoms with E-state index in [0.717, 1.165) is 16.7 Å². The van der Waals surface area contributed by atoms with Gasteiger partial charge in [0.25, 0.3) is 0 Å². The van der Waals surface area contributed by atoms with Gasteiger partial charge >= 0.3 is 0 Å². The first-order chi connectivity index (χ1) is 13.2. The zero-order valence-electron chi connectivity index (χ0n) is 16.8. The maximum Gasteiger partial charge on any atom is 0.243 e. The summed E-state index contributed by atoms with van der Waals surface area (Å²) < 4.78 is 0. The molecule has 0 spiro atoms. The van der Waals surface area contributed by atoms with Crippen molar-refractivity contribution in [3.05, 3.63) is 65.2 Å². The molecular formula is C22H27N3O3. The van der Waals surface area contributed by atoms with Crippen LogP contribution in [0.15, 0.2) is 48.5 Å². The fourth-order valence-electron chi connectivity index (χ4n) is 2.77. The summed E-state index contributed by atoms with van der Waals surface area (Å²) in [5.74, 6) is -0.706. The molecule has 0 radical (unpaired) electrons. The molecule has 0 bridgehead atoms. The van der Waals surface area contributed by atoms with Crippen molar-refractivity contribution in [2.75, 3.05) is 18.9 Å². The predicted molar refractivity (Wildman–Crippen MR) is 110 cm³/mol. The van der Waals surface area contributed by atoms with Crippen molar-refractivity contribution in [3.63, 3.8) is 0 Å². The van der Waals surface area contributed by atoms with Crippen LogP contribution in [0.5, 0.6) is 0 Å². The monoisotopic (exact) mass is 381 g/mol. The highest BCUT2D eigenvalue weighted by molar-refractivity contribution is 5.94. The Morgan fingerprint density at radius 1 is 0.929 bits per heavy atom. The number of nitrogens with zero attached hydrogens (tertiary/aromatic N) is 1. The Morgan fingerprint density at radius 3 is 2.00 bits per heavy atom. The molecule has 0 fully saturated rings. The maximum absolute atomic E-state index is 12.6. The molecule has 3 amide bonds. The summed E-state index contributed by atoms with van der Waals surface area (Å²) in [6.45, 7) is 5.30. The number of hydrogen-bond acceptors (Lipinski definition) is 3. The Balaban J connectivity index is 1.97. The fraction of sp³-hybridized carbons (Fsp3) is 0.318. The summed E-state index contributed by atoms with van der Waals surface area (Å²) in [7, 11) is 1.58. The quantitative estimate of drug-likeness (QED) is 0.774. The van der Waals surface area contributed by atoms with Crippen LogP contribution in [0.1, 0.15) is 36.1 Å². The van der Waals surface area contributed by atoms with E-state index in [0.29, 0.717) is 5.69 Å². The summed E-state index contributed by atoms with van der Waals surface area (Å²) in [4.78, 5) is 37.7. The summed E-state index contributed by atoms with van der Waals surface area (Å²) in [6, 6.07) is 14.7. The number of carbonyl (C=O) groups excluding carboxylic acids is 3. The molecule has 0 aliphatic rings. The number of anilines is 1. The third kappa shape index (κ3) is 6.54. The van der Waals surface area contributed by atoms with Crippen LogP contribution in [0, 0.1) is 13.8 Å². The highest BCUT2D eigenvalue weighted by Crippen LogP contribution is 2.19. The van der Waals surface area contributed by atoms with Crippen molar-refractivity contribution >= 4 is 23.4 Å². The summed E-state index contributed by atoms with van der Waals surface area (Å²) in [5, 5.41) is 5.59. The predicted octanol–water partition coefficient (Wildman–Crippen LogP) is 2.97. The van der Waals surface area contributed by atoms with Gasteiger partial charge in [0.1, 0.15) is 0 Å². The fourth-order valence-corrected chi connectivity index (χ4v) is 2.77. The number of rotatable bonds is 7. The van der Waals surface area contributed by atoms with Crippen LogP contribution in [0.4, 0.5) is 5.69 Å². The van der Waals surface area contributed by atoms with Crippen LogP contribution in [0.3, 0.4) is 0 Å². The van der Waals surface area contributed by atoms with Gasteiger partial charge in [-0.2, -0.15) is 0 Å². The maximum atomic E-state index is 12.6. The zero-order chi connectivity index (χ0) is 20.7. The molecule has 148 valence electrons. The topological polar surface area (TPSA) is 78.5 Å². The van der Waals surface area contributed by atoms with E-state index in [1.165, 1.54) is 11.8 Å². The van der Waals surface area contributed by atoms with E-state index >= 15 is 0 Å². The van der Waals surface area contributed by atoms with Crippen LogP contribution in [-0.4, -0.2) is 36.2 Å². The molecule has 0 aliphatic heterocycles. The van der Waals surface area contributed by atoms with E-state index < -0.39 is 6.04 Å². The lowest BCUT2D eigenvalue weighted by Crippen LogP contribution is -2.38. The van der Waals surface area contributed by atoms with E-state index in [-0.39, 0.29) is 30.7 Å². The Hall–Kier alpha value is -3.15. The highest BCUT2D eigenvalue weighted by atomic mass is 16.2. The Morgan fingerprint density at radius 2 is 1.46 bits per heavy atom. The lowest BCUT2D eigenvalue weighted by atomic mass is 10.0. The molecule has 0 saturated carbocycles. The van der Waals surface area contributed by atoms with E-state index in [9.17, 15) is 14.4 Å². The number of benzene rings is 2. The van der Waals surface area contributed by atoms with Gasteiger partial charge in [-0.05, 0) is 31.5 Å². The number of likely N-dealkylation sites (N-methyl/N-ethyl adjacent to an activating group) is 1. The highest BCUT2D eigenvalue weighted by Gasteiger charge is 2.21. The smallest absolute Gasteiger partial charge is 0.243 e. The average molecular weight is 381 g/mol. The molecule has 0 saturated heterocycles. The third-order valence-electron chi connectivity index (χ3n) is 4.38. The van der Waals surface area contributed by atoms with E-state index in [1.54, 1.807) is 7.05 Å². The van der Waals surface area contributed by atoms with Gasteiger partial charge in [-0.15, -0.1) is 0 Å². The summed E-state index contributed by atoms with van der Waals surface area (Å²) in [6.07, 6.45) is 0.0803. The van der Waals surface area contributed by atoms with Gasteiger partial charge in [0.05, 0.1) is 19.0 Å². The van der Waals surface area contributed by atoms with Crippen LogP contribution in [0.2, 0.25) is 0 Å². The number of aryl methyl sites for hydroxylation is 2. The minimum absolute atomic E-state index is 0.0621. The van der Waals surface area contributed by atoms with Gasteiger partial charge < -0.3 is 15.5 Å². The number of hydrogen-bond donors (Lipinski definition) is 2. The van der Waals surface area contributed by atoms with Gasteiger partial charge in [0.2, 0.25) is 17.7 Å². The van der Waals surface area contributed by atoms with E-state index in [2.05, 4.69) is 10.6 Å². The zero-order valence-corrected chi connectivity index (χ0v) is 16.8. The third-order valence-corrected chi connectivity index (χ3v) is 4.38. The van der Waals surface area contributed by atoms with E-state index in [4.69, 9.17) is 0 Å². The van der Waals surface area contributed by atoms with Crippen LogP contribution < -0.4 is 10.6 Å². The molecule has 2 N–H and O–H groups in total. The lowest BCUT2D eigenvalue weighted by Gasteiger charge is -2.22. The number of amides is 3. The molecule has 2 aromatic rings. The first-order valence-corrected chi connectivity index (χ1v) is 9.18. The van der Waals surface area contributed by atoms with Crippen molar-refractivity contribution < 1.29 is 14.4 Å². The number of nitrogens with one attached hydrogen (secondary N) is 2. The normalized spacial score (nSPS) is 11.4. The Bertz CT molecular complexity index is 829. The van der Waals surface area contributed by atoms with Crippen molar-refractivity contribution in [2.45, 2.75) is 33.2 Å². The largest absolute Gasteiger partial charge is 0.349 e. The molecule has 1 atom stereocenters. The van der Waals surface area contributed by atoms with Crippen molar-refractivity contribution in [3.8, 4) is 0 Å². The summed E-state index contributed by atoms with van der Waals surface area (Å²) in [5.41, 5.74) is 3.74. The molecule has 2 rings (SSSR count). The molecule has 6 heteroatoms. The summed E-state index contributed by atoms with van der Waals surface area (Å²) >= 11 is 0. The molecule has 0 aromatic heterocycles. The van der Waals surface area contributed by atoms with Gasteiger partial charge in [0, 0.05) is 19.7 Å². The Labute approximate surface area is 165 Å². The van der Waals surface area contributed by atoms with Crippen LogP contribution >= 0.6 is 0 Å². The lowest BCUT2D eigenvalue weighted by molar-refractivity contribution is -0.134. The standard InChI is InChI=1S/C22H27N3O3/c1-15-5-9-18(10-6-15)20(23-17(3)26)13-22(28)25(4)14-21(27)24-19-11-7-16(2)8-12-19/h5-12,20H,13-14H2,1-4H3,(H,23,26)(H,24,27). The van der Waals surface area contributed by atoms with Crippen molar-refractivity contribution in [1.29, 1.82) is 0 Å². The molecule has 2 aromatic carbocycles. The molecule has 1 unspecified atom stereocenters. The first-order valence-electron chi connectivity index (χ1n) is 9.18. The Kier molecular flexibility index (Phi) is 7.32. The van der Waals surface area contributed by atoms with Gasteiger partial charge in [-0.25, -0.2) is 0 Å². The molecule has 0 heterocycles. The van der Waals surface area contributed by atoms with Crippen LogP contribution in [0.25, 0.3) is 0 Å². The molecule has 28 heavy (non-hydrogen) atoms. The molecule has 6 nitrogen and oxygen atoms in total. The first kappa shape index (κ1) is 21.2. The van der Waals surface area contributed by atoms with Crippen molar-refractivity contribution in [2.24, 2.45) is 0 Å². The second kappa shape index (κ2) is 9.69. The van der Waals surface area contributed by atoms with E-state index in [1.807, 2.05) is 62.4 Å². The van der Waals surface area contributed by atoms with Gasteiger partial charge in [-0.3, -0.25) is 14.4 Å².